The van der Waals surface area contributed by atoms with Gasteiger partial charge in [-0.1, -0.05) is 12.1 Å². The fourth-order valence-corrected chi connectivity index (χ4v) is 1.53. The van der Waals surface area contributed by atoms with Crippen molar-refractivity contribution in [3.63, 3.8) is 0 Å². The number of amides is 1. The molecule has 2 rings (SSSR count). The van der Waals surface area contributed by atoms with Gasteiger partial charge in [-0.25, -0.2) is 0 Å². The number of H-pyrrole nitrogens is 1. The van der Waals surface area contributed by atoms with Crippen molar-refractivity contribution in [1.82, 2.24) is 10.2 Å². The molecule has 0 atom stereocenters. The molecule has 1 amide bonds. The number of benzene rings is 1. The number of nitrogens with zero attached hydrogens (tertiary/aromatic N) is 2. The third-order valence-corrected chi connectivity index (χ3v) is 2.43. The summed E-state index contributed by atoms with van der Waals surface area (Å²) in [5.41, 5.74) is 2.80. The van der Waals surface area contributed by atoms with E-state index in [4.69, 9.17) is 5.26 Å². The highest BCUT2D eigenvalue weighted by molar-refractivity contribution is 6.02. The van der Waals surface area contributed by atoms with E-state index >= 15 is 0 Å². The van der Waals surface area contributed by atoms with E-state index in [0.29, 0.717) is 17.8 Å². The number of hydrogen-bond donors (Lipinski definition) is 2. The minimum absolute atomic E-state index is 0.257. The van der Waals surface area contributed by atoms with Crippen molar-refractivity contribution >= 4 is 11.6 Å². The van der Waals surface area contributed by atoms with Gasteiger partial charge in [-0.05, 0) is 30.7 Å². The summed E-state index contributed by atoms with van der Waals surface area (Å²) >= 11 is 0. The van der Waals surface area contributed by atoms with Crippen molar-refractivity contribution < 1.29 is 4.79 Å². The molecule has 0 radical (unpaired) electrons. The van der Waals surface area contributed by atoms with E-state index in [1.165, 1.54) is 0 Å². The summed E-state index contributed by atoms with van der Waals surface area (Å²) in [6, 6.07) is 10.9. The molecule has 0 aliphatic rings. The van der Waals surface area contributed by atoms with Crippen LogP contribution in [0.4, 0.5) is 5.69 Å². The number of nitrogens with one attached hydrogen (secondary N) is 2. The summed E-state index contributed by atoms with van der Waals surface area (Å²) in [6.45, 7) is 1.83. The summed E-state index contributed by atoms with van der Waals surface area (Å²) < 4.78 is 0. The van der Waals surface area contributed by atoms with Crippen LogP contribution in [-0.4, -0.2) is 16.1 Å². The van der Waals surface area contributed by atoms with Crippen LogP contribution >= 0.6 is 0 Å². The Kier molecular flexibility index (Phi) is 3.39. The molecule has 18 heavy (non-hydrogen) atoms. The largest absolute Gasteiger partial charge is 0.321 e. The zero-order valence-corrected chi connectivity index (χ0v) is 9.90. The molecule has 0 aliphatic heterocycles. The molecule has 1 heterocycles. The summed E-state index contributed by atoms with van der Waals surface area (Å²) in [6.07, 6.45) is 0.368. The third-order valence-electron chi connectivity index (χ3n) is 2.43. The van der Waals surface area contributed by atoms with Crippen molar-refractivity contribution in [2.75, 3.05) is 5.32 Å². The lowest BCUT2D eigenvalue weighted by Gasteiger charge is -2.03. The first kappa shape index (κ1) is 11.9. The number of rotatable bonds is 3. The first-order chi connectivity index (χ1) is 8.69. The summed E-state index contributed by atoms with van der Waals surface area (Å²) in [5.74, 6) is -0.257. The first-order valence-electron chi connectivity index (χ1n) is 5.48. The fourth-order valence-electron chi connectivity index (χ4n) is 1.53. The van der Waals surface area contributed by atoms with Crippen LogP contribution in [-0.2, 0) is 6.42 Å². The van der Waals surface area contributed by atoms with Gasteiger partial charge in [-0.2, -0.15) is 10.4 Å². The maximum absolute atomic E-state index is 11.8. The van der Waals surface area contributed by atoms with E-state index in [2.05, 4.69) is 21.6 Å². The average molecular weight is 240 g/mol. The number of aromatic amines is 1. The molecular weight excluding hydrogens is 228 g/mol. The molecule has 0 spiro atoms. The zero-order valence-electron chi connectivity index (χ0n) is 9.90. The number of aromatic nitrogens is 2. The number of nitriles is 1. The second kappa shape index (κ2) is 5.15. The highest BCUT2D eigenvalue weighted by Gasteiger charge is 2.09. The molecule has 1 aromatic heterocycles. The Hall–Kier alpha value is -2.61. The van der Waals surface area contributed by atoms with Crippen LogP contribution in [0.1, 0.15) is 21.7 Å². The van der Waals surface area contributed by atoms with Crippen molar-refractivity contribution in [3.8, 4) is 6.07 Å². The van der Waals surface area contributed by atoms with Crippen LogP contribution in [0.5, 0.6) is 0 Å². The third kappa shape index (κ3) is 2.74. The molecule has 5 nitrogen and oxygen atoms in total. The average Bonchev–Trinajstić information content (AvgIpc) is 2.79. The predicted molar refractivity (Wildman–Crippen MR) is 67.0 cm³/mol. The predicted octanol–water partition coefficient (Wildman–Crippen LogP) is 2.04. The molecule has 0 aliphatic carbocycles. The smallest absolute Gasteiger partial charge is 0.276 e. The van der Waals surface area contributed by atoms with Gasteiger partial charge in [0.2, 0.25) is 0 Å². The maximum atomic E-state index is 11.8. The molecule has 2 aromatic rings. The summed E-state index contributed by atoms with van der Waals surface area (Å²) in [4.78, 5) is 11.8. The minimum atomic E-state index is -0.257. The van der Waals surface area contributed by atoms with Gasteiger partial charge >= 0.3 is 0 Å². The monoisotopic (exact) mass is 240 g/mol. The highest BCUT2D eigenvalue weighted by Crippen LogP contribution is 2.11. The van der Waals surface area contributed by atoms with Crippen LogP contribution in [0.25, 0.3) is 0 Å². The molecule has 0 fully saturated rings. The Balaban J connectivity index is 2.05. The van der Waals surface area contributed by atoms with E-state index < -0.39 is 0 Å². The van der Waals surface area contributed by atoms with Crippen LogP contribution in [0.2, 0.25) is 0 Å². The second-order valence-corrected chi connectivity index (χ2v) is 3.92. The molecular formula is C13H12N4O. The fraction of sp³-hybridized carbons (Fsp3) is 0.154. The molecule has 0 saturated heterocycles. The van der Waals surface area contributed by atoms with Crippen LogP contribution in [0.3, 0.4) is 0 Å². The minimum Gasteiger partial charge on any atom is -0.321 e. The topological polar surface area (TPSA) is 81.6 Å². The van der Waals surface area contributed by atoms with E-state index in [0.717, 1.165) is 11.3 Å². The first-order valence-corrected chi connectivity index (χ1v) is 5.48. The normalized spacial score (nSPS) is 9.78. The van der Waals surface area contributed by atoms with Crippen LogP contribution in [0.15, 0.2) is 30.3 Å². The van der Waals surface area contributed by atoms with Crippen molar-refractivity contribution in [1.29, 1.82) is 5.26 Å². The lowest BCUT2D eigenvalue weighted by molar-refractivity contribution is 0.102. The molecule has 90 valence electrons. The molecule has 1 aromatic carbocycles. The molecule has 5 heteroatoms. The van der Waals surface area contributed by atoms with Gasteiger partial charge in [0.1, 0.15) is 0 Å². The molecule has 0 bridgehead atoms. The zero-order chi connectivity index (χ0) is 13.0. The number of anilines is 1. The molecule has 0 saturated carbocycles. The van der Waals surface area contributed by atoms with Gasteiger partial charge in [-0.3, -0.25) is 9.89 Å². The van der Waals surface area contributed by atoms with Crippen molar-refractivity contribution in [2.24, 2.45) is 0 Å². The van der Waals surface area contributed by atoms with E-state index in [9.17, 15) is 4.79 Å². The standard InChI is InChI=1S/C13H12N4O/c1-9-8-12(17-16-9)13(18)15-11-4-2-10(3-5-11)6-7-14/h2-5,8H,6H2,1H3,(H,15,18)(H,16,17). The van der Waals surface area contributed by atoms with Crippen molar-refractivity contribution in [2.45, 2.75) is 13.3 Å². The Morgan fingerprint density at radius 1 is 1.44 bits per heavy atom. The Labute approximate surface area is 104 Å². The van der Waals surface area contributed by atoms with Gasteiger partial charge in [-0.15, -0.1) is 0 Å². The SMILES string of the molecule is Cc1cc(C(=O)Nc2ccc(CC#N)cc2)n[nH]1. The summed E-state index contributed by atoms with van der Waals surface area (Å²) in [5, 5.41) is 17.9. The van der Waals surface area contributed by atoms with Gasteiger partial charge in [0.15, 0.2) is 5.69 Å². The Morgan fingerprint density at radius 2 is 2.17 bits per heavy atom. The second-order valence-electron chi connectivity index (χ2n) is 3.92. The van der Waals surface area contributed by atoms with E-state index in [1.54, 1.807) is 18.2 Å². The quantitative estimate of drug-likeness (QED) is 0.861. The number of carbonyl (C=O) groups is 1. The van der Waals surface area contributed by atoms with Gasteiger partial charge in [0, 0.05) is 11.4 Å². The number of carbonyl (C=O) groups excluding carboxylic acids is 1. The lowest BCUT2D eigenvalue weighted by Crippen LogP contribution is -2.12. The lowest BCUT2D eigenvalue weighted by atomic mass is 10.1. The Morgan fingerprint density at radius 3 is 2.72 bits per heavy atom. The maximum Gasteiger partial charge on any atom is 0.276 e. The van der Waals surface area contributed by atoms with Crippen LogP contribution in [0, 0.1) is 18.3 Å². The Bertz CT molecular complexity index is 592. The number of hydrogen-bond acceptors (Lipinski definition) is 3. The van der Waals surface area contributed by atoms with Crippen molar-refractivity contribution in [3.05, 3.63) is 47.3 Å². The molecule has 0 unspecified atom stereocenters. The summed E-state index contributed by atoms with van der Waals surface area (Å²) in [7, 11) is 0. The molecule has 2 N–H and O–H groups in total. The van der Waals surface area contributed by atoms with E-state index in [1.807, 2.05) is 19.1 Å². The number of aryl methyl sites for hydroxylation is 1. The van der Waals surface area contributed by atoms with Gasteiger partial charge < -0.3 is 5.32 Å². The van der Waals surface area contributed by atoms with Gasteiger partial charge in [0.05, 0.1) is 12.5 Å². The van der Waals surface area contributed by atoms with Gasteiger partial charge in [0.25, 0.3) is 5.91 Å². The van der Waals surface area contributed by atoms with E-state index in [-0.39, 0.29) is 5.91 Å². The van der Waals surface area contributed by atoms with Crippen LogP contribution < -0.4 is 5.32 Å². The highest BCUT2D eigenvalue weighted by atomic mass is 16.1.